The van der Waals surface area contributed by atoms with E-state index >= 15 is 0 Å². The molecule has 28 heavy (non-hydrogen) atoms. The molecule has 0 saturated carbocycles. The van der Waals surface area contributed by atoms with Crippen LogP contribution in [0.15, 0.2) is 43.0 Å². The second-order valence-electron chi connectivity index (χ2n) is 6.13. The quantitative estimate of drug-likeness (QED) is 0.476. The first-order valence-electron chi connectivity index (χ1n) is 8.25. The Balaban J connectivity index is 1.66. The molecule has 1 aromatic carbocycles. The molecule has 1 aliphatic rings. The summed E-state index contributed by atoms with van der Waals surface area (Å²) in [6, 6.07) is 8.52. The second kappa shape index (κ2) is 6.96. The maximum atomic E-state index is 12.4. The topological polar surface area (TPSA) is 160 Å². The highest BCUT2D eigenvalue weighted by atomic mass is 16.6. The van der Waals surface area contributed by atoms with Gasteiger partial charge in [-0.25, -0.2) is 19.7 Å². The molecule has 0 bridgehead atoms. The third-order valence-corrected chi connectivity index (χ3v) is 4.38. The number of fused-ring (bicyclic) bond motifs is 1. The summed E-state index contributed by atoms with van der Waals surface area (Å²) in [5.41, 5.74) is 0.840. The molecular weight excluding hydrogens is 370 g/mol. The van der Waals surface area contributed by atoms with Gasteiger partial charge in [0.05, 0.1) is 6.33 Å². The number of aliphatic hydroxyl groups is 2. The number of nitrogens with one attached hydrogen (secondary N) is 1. The highest BCUT2D eigenvalue weighted by Crippen LogP contribution is 2.32. The summed E-state index contributed by atoms with van der Waals surface area (Å²) in [6.45, 7) is 0. The number of carboxylic acid groups (broad SMARTS) is 1. The summed E-state index contributed by atoms with van der Waals surface area (Å²) in [6.07, 6.45) is -3.46. The van der Waals surface area contributed by atoms with E-state index in [9.17, 15) is 19.8 Å². The van der Waals surface area contributed by atoms with Crippen molar-refractivity contribution >= 4 is 28.9 Å². The van der Waals surface area contributed by atoms with Crippen LogP contribution in [0.1, 0.15) is 16.6 Å². The largest absolute Gasteiger partial charge is 0.479 e. The number of rotatable bonds is 4. The number of anilines is 1. The lowest BCUT2D eigenvalue weighted by molar-refractivity contribution is -0.155. The van der Waals surface area contributed by atoms with Crippen molar-refractivity contribution in [3.63, 3.8) is 0 Å². The van der Waals surface area contributed by atoms with Crippen LogP contribution in [0.25, 0.3) is 11.2 Å². The van der Waals surface area contributed by atoms with Crippen molar-refractivity contribution in [3.8, 4) is 0 Å². The van der Waals surface area contributed by atoms with Gasteiger partial charge in [-0.1, -0.05) is 18.2 Å². The Morgan fingerprint density at radius 1 is 1.07 bits per heavy atom. The van der Waals surface area contributed by atoms with Crippen LogP contribution in [0.4, 0.5) is 5.82 Å². The highest BCUT2D eigenvalue weighted by molar-refractivity contribution is 6.06. The van der Waals surface area contributed by atoms with E-state index in [2.05, 4.69) is 20.3 Å². The number of aromatic nitrogens is 4. The first kappa shape index (κ1) is 18.0. The summed E-state index contributed by atoms with van der Waals surface area (Å²) < 4.78 is 6.55. The average molecular weight is 385 g/mol. The van der Waals surface area contributed by atoms with E-state index in [0.717, 1.165) is 0 Å². The molecule has 1 aliphatic heterocycles. The number of imidazole rings is 1. The van der Waals surface area contributed by atoms with Gasteiger partial charge in [0.15, 0.2) is 29.3 Å². The van der Waals surface area contributed by atoms with Crippen molar-refractivity contribution in [3.05, 3.63) is 48.5 Å². The molecule has 0 radical (unpaired) electrons. The molecule has 0 spiro atoms. The number of carboxylic acids is 1. The number of amides is 1. The second-order valence-corrected chi connectivity index (χ2v) is 6.13. The molecule has 0 unspecified atom stereocenters. The molecule has 1 amide bonds. The number of carbonyl (C=O) groups is 2. The van der Waals surface area contributed by atoms with Crippen molar-refractivity contribution in [2.75, 3.05) is 5.32 Å². The minimum Gasteiger partial charge on any atom is -0.479 e. The number of hydrogen-bond acceptors (Lipinski definition) is 8. The van der Waals surface area contributed by atoms with Crippen LogP contribution in [0.3, 0.4) is 0 Å². The molecule has 3 aromatic rings. The molecule has 1 saturated heterocycles. The van der Waals surface area contributed by atoms with E-state index in [0.29, 0.717) is 5.56 Å². The van der Waals surface area contributed by atoms with E-state index in [1.807, 2.05) is 0 Å². The minimum atomic E-state index is -1.61. The van der Waals surface area contributed by atoms with Crippen LogP contribution in [0.2, 0.25) is 0 Å². The summed E-state index contributed by atoms with van der Waals surface area (Å²) in [5.74, 6) is -1.65. The van der Waals surface area contributed by atoms with Gasteiger partial charge in [-0.2, -0.15) is 0 Å². The van der Waals surface area contributed by atoms with E-state index < -0.39 is 36.4 Å². The molecule has 0 aliphatic carbocycles. The van der Waals surface area contributed by atoms with Gasteiger partial charge in [0, 0.05) is 5.56 Å². The van der Waals surface area contributed by atoms with Crippen LogP contribution < -0.4 is 5.32 Å². The fourth-order valence-corrected chi connectivity index (χ4v) is 2.99. The van der Waals surface area contributed by atoms with Crippen molar-refractivity contribution < 1.29 is 29.6 Å². The Labute approximate surface area is 157 Å². The lowest BCUT2D eigenvalue weighted by atomic mass is 10.1. The van der Waals surface area contributed by atoms with Crippen molar-refractivity contribution in [1.82, 2.24) is 19.5 Å². The van der Waals surface area contributed by atoms with Gasteiger partial charge in [-0.05, 0) is 12.1 Å². The first-order chi connectivity index (χ1) is 13.5. The molecule has 11 nitrogen and oxygen atoms in total. The Kier molecular flexibility index (Phi) is 4.47. The maximum Gasteiger partial charge on any atom is 0.335 e. The Morgan fingerprint density at radius 2 is 1.82 bits per heavy atom. The Hall–Kier alpha value is -3.41. The van der Waals surface area contributed by atoms with E-state index in [1.54, 1.807) is 30.3 Å². The summed E-state index contributed by atoms with van der Waals surface area (Å²) in [5, 5.41) is 31.8. The van der Waals surface area contributed by atoms with Gasteiger partial charge in [0.2, 0.25) is 0 Å². The predicted molar refractivity (Wildman–Crippen MR) is 93.3 cm³/mol. The monoisotopic (exact) mass is 385 g/mol. The molecule has 4 N–H and O–H groups in total. The van der Waals surface area contributed by atoms with E-state index in [-0.39, 0.29) is 17.0 Å². The molecule has 11 heteroatoms. The number of nitrogens with zero attached hydrogens (tertiary/aromatic N) is 4. The molecule has 4 atom stereocenters. The number of hydrogen-bond donors (Lipinski definition) is 4. The van der Waals surface area contributed by atoms with Gasteiger partial charge in [-0.15, -0.1) is 0 Å². The van der Waals surface area contributed by atoms with Crippen molar-refractivity contribution in [1.29, 1.82) is 0 Å². The SMILES string of the molecule is O=C(Nc1ncnc2c1ncn2[C@@H]1O[C@H](C(=O)O)[C@@H](O)[C@H]1O)c1ccccc1. The van der Waals surface area contributed by atoms with Crippen molar-refractivity contribution in [2.24, 2.45) is 0 Å². The van der Waals surface area contributed by atoms with Crippen LogP contribution in [-0.4, -0.2) is 65.0 Å². The molecule has 1 fully saturated rings. The van der Waals surface area contributed by atoms with Gasteiger partial charge in [0.1, 0.15) is 18.5 Å². The third kappa shape index (κ3) is 2.97. The molecule has 4 rings (SSSR count). The van der Waals surface area contributed by atoms with Gasteiger partial charge < -0.3 is 25.4 Å². The number of aliphatic hydroxyl groups excluding tert-OH is 2. The fraction of sp³-hybridized carbons (Fsp3) is 0.235. The summed E-state index contributed by atoms with van der Waals surface area (Å²) >= 11 is 0. The lowest BCUT2D eigenvalue weighted by Crippen LogP contribution is -2.35. The third-order valence-electron chi connectivity index (χ3n) is 4.38. The fourth-order valence-electron chi connectivity index (χ4n) is 2.99. The summed E-state index contributed by atoms with van der Waals surface area (Å²) in [7, 11) is 0. The maximum absolute atomic E-state index is 12.4. The van der Waals surface area contributed by atoms with Crippen LogP contribution in [0.5, 0.6) is 0 Å². The Bertz CT molecular complexity index is 1040. The Morgan fingerprint density at radius 3 is 2.50 bits per heavy atom. The molecule has 2 aromatic heterocycles. The lowest BCUT2D eigenvalue weighted by Gasteiger charge is -2.16. The van der Waals surface area contributed by atoms with Gasteiger partial charge >= 0.3 is 5.97 Å². The minimum absolute atomic E-state index is 0.139. The average Bonchev–Trinajstić information content (AvgIpc) is 3.25. The van der Waals surface area contributed by atoms with Gasteiger partial charge in [0.25, 0.3) is 5.91 Å². The zero-order valence-corrected chi connectivity index (χ0v) is 14.2. The predicted octanol–water partition coefficient (Wildman–Crippen LogP) is -0.218. The van der Waals surface area contributed by atoms with E-state index in [1.165, 1.54) is 17.2 Å². The normalized spacial score (nSPS) is 24.4. The number of benzene rings is 1. The first-order valence-corrected chi connectivity index (χ1v) is 8.25. The van der Waals surface area contributed by atoms with Crippen molar-refractivity contribution in [2.45, 2.75) is 24.5 Å². The summed E-state index contributed by atoms with van der Waals surface area (Å²) in [4.78, 5) is 35.8. The van der Waals surface area contributed by atoms with Crippen LogP contribution in [-0.2, 0) is 9.53 Å². The van der Waals surface area contributed by atoms with E-state index in [4.69, 9.17) is 9.84 Å². The van der Waals surface area contributed by atoms with Crippen LogP contribution in [0, 0.1) is 0 Å². The van der Waals surface area contributed by atoms with Crippen LogP contribution >= 0.6 is 0 Å². The molecule has 144 valence electrons. The standard InChI is InChI=1S/C17H15N5O6/c23-10-11(24)16(28-12(10)17(26)27)22-7-20-9-13(18-6-19-14(9)22)21-15(25)8-4-2-1-3-5-8/h1-7,10-12,16,23-24H,(H,26,27)(H,18,19,21,25)/t10-,11+,12-,16+/m0/s1. The zero-order valence-electron chi connectivity index (χ0n) is 14.2. The molecular formula is C17H15N5O6. The molecule has 3 heterocycles. The number of ether oxygens (including phenoxy) is 1. The highest BCUT2D eigenvalue weighted by Gasteiger charge is 2.48. The smallest absolute Gasteiger partial charge is 0.335 e. The number of aliphatic carboxylic acids is 1. The number of carbonyl (C=O) groups excluding carboxylic acids is 1. The zero-order chi connectivity index (χ0) is 19.8. The van der Waals surface area contributed by atoms with Gasteiger partial charge in [-0.3, -0.25) is 9.36 Å².